The molecule has 6 nitrogen and oxygen atoms in total. The van der Waals surface area contributed by atoms with E-state index in [1.54, 1.807) is 14.2 Å². The molecule has 0 saturated carbocycles. The molecule has 0 aliphatic carbocycles. The number of benzene rings is 2. The van der Waals surface area contributed by atoms with Crippen LogP contribution < -0.4 is 9.47 Å². The van der Waals surface area contributed by atoms with Gasteiger partial charge in [-0.25, -0.2) is 0 Å². The SMILES string of the molecule is CCC(O)[C@@H](OCc1ccc(OC)cc1)C(OCc1ccc(OC)cc1)[C@H](C)CO. The largest absolute Gasteiger partial charge is 0.497 e. The Bertz CT molecular complexity index is 652. The number of rotatable bonds is 13. The van der Waals surface area contributed by atoms with Crippen LogP contribution in [0.4, 0.5) is 0 Å². The minimum atomic E-state index is -0.710. The molecule has 30 heavy (non-hydrogen) atoms. The van der Waals surface area contributed by atoms with E-state index in [4.69, 9.17) is 18.9 Å². The summed E-state index contributed by atoms with van der Waals surface area (Å²) in [5, 5.41) is 20.4. The van der Waals surface area contributed by atoms with E-state index >= 15 is 0 Å². The Balaban J connectivity index is 2.10. The predicted octanol–water partition coefficient (Wildman–Crippen LogP) is 3.57. The van der Waals surface area contributed by atoms with Gasteiger partial charge in [-0.05, 0) is 41.8 Å². The van der Waals surface area contributed by atoms with Gasteiger partial charge in [-0.3, -0.25) is 0 Å². The van der Waals surface area contributed by atoms with Crippen LogP contribution in [0.5, 0.6) is 11.5 Å². The first-order valence-electron chi connectivity index (χ1n) is 10.3. The highest BCUT2D eigenvalue weighted by molar-refractivity contribution is 5.27. The van der Waals surface area contributed by atoms with Gasteiger partial charge < -0.3 is 29.2 Å². The van der Waals surface area contributed by atoms with Crippen LogP contribution in [0.25, 0.3) is 0 Å². The maximum Gasteiger partial charge on any atom is 0.118 e. The zero-order valence-corrected chi connectivity index (χ0v) is 18.3. The van der Waals surface area contributed by atoms with Gasteiger partial charge >= 0.3 is 0 Å². The summed E-state index contributed by atoms with van der Waals surface area (Å²) in [6.07, 6.45) is -1.23. The van der Waals surface area contributed by atoms with Crippen molar-refractivity contribution in [3.05, 3.63) is 59.7 Å². The molecule has 0 aliphatic rings. The Morgan fingerprint density at radius 3 is 1.57 bits per heavy atom. The molecule has 2 N–H and O–H groups in total. The number of hydrogen-bond donors (Lipinski definition) is 2. The third-order valence-electron chi connectivity index (χ3n) is 5.17. The molecule has 0 fully saturated rings. The molecular weight excluding hydrogens is 384 g/mol. The fraction of sp³-hybridized carbons (Fsp3) is 0.500. The average molecular weight is 419 g/mol. The van der Waals surface area contributed by atoms with Gasteiger partial charge in [0.15, 0.2) is 0 Å². The summed E-state index contributed by atoms with van der Waals surface area (Å²) in [6, 6.07) is 15.2. The van der Waals surface area contributed by atoms with Crippen LogP contribution in [0.2, 0.25) is 0 Å². The Morgan fingerprint density at radius 2 is 1.20 bits per heavy atom. The highest BCUT2D eigenvalue weighted by Gasteiger charge is 2.33. The molecule has 0 bridgehead atoms. The number of ether oxygens (including phenoxy) is 4. The van der Waals surface area contributed by atoms with Gasteiger partial charge in [0, 0.05) is 12.5 Å². The van der Waals surface area contributed by atoms with Crippen molar-refractivity contribution in [2.45, 2.75) is 51.8 Å². The van der Waals surface area contributed by atoms with Gasteiger partial charge in [-0.1, -0.05) is 38.1 Å². The second kappa shape index (κ2) is 12.5. The molecule has 2 aromatic carbocycles. The van der Waals surface area contributed by atoms with Crippen molar-refractivity contribution in [3.8, 4) is 11.5 Å². The van der Waals surface area contributed by atoms with E-state index in [9.17, 15) is 10.2 Å². The third-order valence-corrected chi connectivity index (χ3v) is 5.17. The van der Waals surface area contributed by atoms with Crippen LogP contribution in [-0.2, 0) is 22.7 Å². The van der Waals surface area contributed by atoms with Crippen LogP contribution in [0.1, 0.15) is 31.4 Å². The van der Waals surface area contributed by atoms with Crippen LogP contribution in [0.3, 0.4) is 0 Å². The average Bonchev–Trinajstić information content (AvgIpc) is 2.80. The van der Waals surface area contributed by atoms with Crippen LogP contribution >= 0.6 is 0 Å². The fourth-order valence-corrected chi connectivity index (χ4v) is 3.17. The Morgan fingerprint density at radius 1 is 0.767 bits per heavy atom. The molecule has 0 spiro atoms. The first-order valence-corrected chi connectivity index (χ1v) is 10.3. The summed E-state index contributed by atoms with van der Waals surface area (Å²) in [5.41, 5.74) is 1.94. The molecule has 0 radical (unpaired) electrons. The Labute approximate surface area is 179 Å². The number of aliphatic hydroxyl groups excluding tert-OH is 2. The molecule has 166 valence electrons. The van der Waals surface area contributed by atoms with Crippen LogP contribution in [-0.4, -0.2) is 49.4 Å². The van der Waals surface area contributed by atoms with Crippen molar-refractivity contribution < 1.29 is 29.2 Å². The topological polar surface area (TPSA) is 77.4 Å². The second-order valence-corrected chi connectivity index (χ2v) is 7.38. The Hall–Kier alpha value is -2.12. The second-order valence-electron chi connectivity index (χ2n) is 7.38. The van der Waals surface area contributed by atoms with Gasteiger partial charge in [0.1, 0.15) is 17.6 Å². The first-order chi connectivity index (χ1) is 14.5. The quantitative estimate of drug-likeness (QED) is 0.518. The van der Waals surface area contributed by atoms with Crippen molar-refractivity contribution in [3.63, 3.8) is 0 Å². The minimum Gasteiger partial charge on any atom is -0.497 e. The van der Waals surface area contributed by atoms with Gasteiger partial charge in [-0.15, -0.1) is 0 Å². The maximum absolute atomic E-state index is 10.6. The zero-order valence-electron chi connectivity index (χ0n) is 18.3. The minimum absolute atomic E-state index is 0.0634. The molecule has 0 aliphatic heterocycles. The normalized spacial score (nSPS) is 15.3. The van der Waals surface area contributed by atoms with Crippen LogP contribution in [0.15, 0.2) is 48.5 Å². The highest BCUT2D eigenvalue weighted by Crippen LogP contribution is 2.23. The standard InChI is InChI=1S/C24H34O6/c1-5-22(26)24(30-16-19-8-12-21(28-4)13-9-19)23(17(2)14-25)29-15-18-6-10-20(27-3)11-7-18/h6-13,17,22-26H,5,14-16H2,1-4H3/t17-,22?,23?,24-/m1/s1. The van der Waals surface area contributed by atoms with Crippen molar-refractivity contribution in [2.75, 3.05) is 20.8 Å². The maximum atomic E-state index is 10.6. The van der Waals surface area contributed by atoms with Crippen LogP contribution in [0, 0.1) is 5.92 Å². The molecular formula is C24H34O6. The summed E-state index contributed by atoms with van der Waals surface area (Å²) in [5.74, 6) is 1.35. The van der Waals surface area contributed by atoms with E-state index < -0.39 is 18.3 Å². The van der Waals surface area contributed by atoms with E-state index in [0.29, 0.717) is 19.6 Å². The number of methoxy groups -OCH3 is 2. The van der Waals surface area contributed by atoms with E-state index in [1.807, 2.05) is 62.4 Å². The summed E-state index contributed by atoms with van der Waals surface area (Å²) in [7, 11) is 3.25. The molecule has 6 heteroatoms. The lowest BCUT2D eigenvalue weighted by molar-refractivity contribution is -0.153. The summed E-state index contributed by atoms with van der Waals surface area (Å²) in [4.78, 5) is 0. The van der Waals surface area contributed by atoms with E-state index in [1.165, 1.54) is 0 Å². The van der Waals surface area contributed by atoms with Gasteiger partial charge in [0.2, 0.25) is 0 Å². The molecule has 4 atom stereocenters. The summed E-state index contributed by atoms with van der Waals surface area (Å²) >= 11 is 0. The number of aliphatic hydroxyl groups is 2. The van der Waals surface area contributed by atoms with Crippen molar-refractivity contribution in [1.29, 1.82) is 0 Å². The Kier molecular flexibility index (Phi) is 10.1. The van der Waals surface area contributed by atoms with Gasteiger partial charge in [0.25, 0.3) is 0 Å². The van der Waals surface area contributed by atoms with Gasteiger partial charge in [0.05, 0.1) is 39.6 Å². The molecule has 2 aromatic rings. The number of hydrogen-bond acceptors (Lipinski definition) is 6. The molecule has 2 unspecified atom stereocenters. The molecule has 0 heterocycles. The monoisotopic (exact) mass is 418 g/mol. The lowest BCUT2D eigenvalue weighted by atomic mass is 9.95. The smallest absolute Gasteiger partial charge is 0.118 e. The van der Waals surface area contributed by atoms with Crippen molar-refractivity contribution >= 4 is 0 Å². The van der Waals surface area contributed by atoms with E-state index in [0.717, 1.165) is 22.6 Å². The molecule has 0 saturated heterocycles. The lowest BCUT2D eigenvalue weighted by Gasteiger charge is -2.34. The first kappa shape index (κ1) is 24.2. The molecule has 2 rings (SSSR count). The summed E-state index contributed by atoms with van der Waals surface area (Å²) in [6.45, 7) is 4.40. The van der Waals surface area contributed by atoms with E-state index in [2.05, 4.69) is 0 Å². The zero-order chi connectivity index (χ0) is 21.9. The lowest BCUT2D eigenvalue weighted by Crippen LogP contribution is -2.45. The third kappa shape index (κ3) is 6.99. The molecule has 0 aromatic heterocycles. The van der Waals surface area contributed by atoms with Gasteiger partial charge in [-0.2, -0.15) is 0 Å². The van der Waals surface area contributed by atoms with E-state index in [-0.39, 0.29) is 12.5 Å². The summed E-state index contributed by atoms with van der Waals surface area (Å²) < 4.78 is 22.7. The predicted molar refractivity (Wildman–Crippen MR) is 116 cm³/mol. The molecule has 0 amide bonds. The highest BCUT2D eigenvalue weighted by atomic mass is 16.5. The fourth-order valence-electron chi connectivity index (χ4n) is 3.17. The van der Waals surface area contributed by atoms with Crippen molar-refractivity contribution in [2.24, 2.45) is 5.92 Å². The van der Waals surface area contributed by atoms with Crippen molar-refractivity contribution in [1.82, 2.24) is 0 Å².